The van der Waals surface area contributed by atoms with Gasteiger partial charge in [0.15, 0.2) is 16.6 Å². The maximum Gasteiger partial charge on any atom is 0.192 e. The fraction of sp³-hybridized carbons (Fsp3) is 0.765. The predicted molar refractivity (Wildman–Crippen MR) is 178 cm³/mol. The van der Waals surface area contributed by atoms with Gasteiger partial charge in [-0.2, -0.15) is 0 Å². The standard InChI is InChI=1S/C34H66O2Si2/c1-13-15-17-24-28-32(36-38(11,12)34(6,7)8)30-26-22-20-18-19-21-25-29-31(27-23-16-14-2)35-37(9,10)33(3,4)5/h16-17,23-26,29-32H,13-15,18-22,27-28H2,1-12H3. The third-order valence-corrected chi connectivity index (χ3v) is 17.2. The first-order valence-corrected chi connectivity index (χ1v) is 21.4. The van der Waals surface area contributed by atoms with Crippen molar-refractivity contribution in [3.05, 3.63) is 48.6 Å². The monoisotopic (exact) mass is 562 g/mol. The van der Waals surface area contributed by atoms with Crippen LogP contribution < -0.4 is 0 Å². The summed E-state index contributed by atoms with van der Waals surface area (Å²) in [5, 5.41) is 0.475. The number of allylic oxidation sites excluding steroid dienone is 4. The third kappa shape index (κ3) is 16.4. The zero-order valence-corrected chi connectivity index (χ0v) is 29.7. The summed E-state index contributed by atoms with van der Waals surface area (Å²) in [6.07, 6.45) is 30.4. The van der Waals surface area contributed by atoms with Gasteiger partial charge in [0.1, 0.15) is 0 Å². The first kappa shape index (κ1) is 37.3. The molecule has 0 aromatic heterocycles. The Morgan fingerprint density at radius 1 is 0.553 bits per heavy atom. The molecule has 0 aromatic carbocycles. The van der Waals surface area contributed by atoms with Crippen LogP contribution in [0.2, 0.25) is 36.3 Å². The van der Waals surface area contributed by atoms with Crippen LogP contribution in [0, 0.1) is 0 Å². The van der Waals surface area contributed by atoms with Crippen molar-refractivity contribution in [1.29, 1.82) is 0 Å². The molecule has 2 nitrogen and oxygen atoms in total. The van der Waals surface area contributed by atoms with E-state index in [4.69, 9.17) is 8.85 Å². The molecule has 0 aliphatic heterocycles. The molecule has 0 aromatic rings. The molecule has 0 spiro atoms. The second kappa shape index (κ2) is 18.6. The lowest BCUT2D eigenvalue weighted by atomic mass is 10.1. The Balaban J connectivity index is 4.73. The largest absolute Gasteiger partial charge is 0.410 e. The Labute approximate surface area is 241 Å². The van der Waals surface area contributed by atoms with Gasteiger partial charge in [-0.3, -0.25) is 0 Å². The summed E-state index contributed by atoms with van der Waals surface area (Å²) in [5.41, 5.74) is 0. The van der Waals surface area contributed by atoms with Crippen LogP contribution in [0.1, 0.15) is 120 Å². The van der Waals surface area contributed by atoms with E-state index in [2.05, 4.69) is 130 Å². The minimum Gasteiger partial charge on any atom is -0.410 e. The van der Waals surface area contributed by atoms with Crippen LogP contribution in [0.3, 0.4) is 0 Å². The highest BCUT2D eigenvalue weighted by Crippen LogP contribution is 2.38. The SMILES string of the molecule is CCC=CCC(C=CCCCCCC=CC(CC=CCCC)O[Si](C)(C)C(C)(C)C)O[Si](C)(C)C(C)(C)C. The summed E-state index contributed by atoms with van der Waals surface area (Å²) >= 11 is 0. The van der Waals surface area contributed by atoms with Crippen molar-refractivity contribution in [2.45, 2.75) is 168 Å². The van der Waals surface area contributed by atoms with Crippen LogP contribution in [0.25, 0.3) is 0 Å². The maximum atomic E-state index is 6.73. The van der Waals surface area contributed by atoms with Crippen molar-refractivity contribution in [2.24, 2.45) is 0 Å². The van der Waals surface area contributed by atoms with Crippen molar-refractivity contribution >= 4 is 16.6 Å². The van der Waals surface area contributed by atoms with Gasteiger partial charge in [0.25, 0.3) is 0 Å². The summed E-state index contributed by atoms with van der Waals surface area (Å²) in [6.45, 7) is 27.8. The number of rotatable bonds is 19. The van der Waals surface area contributed by atoms with E-state index in [9.17, 15) is 0 Å². The van der Waals surface area contributed by atoms with E-state index in [-0.39, 0.29) is 22.3 Å². The van der Waals surface area contributed by atoms with Gasteiger partial charge in [-0.15, -0.1) is 0 Å². The summed E-state index contributed by atoms with van der Waals surface area (Å²) in [5.74, 6) is 0. The summed E-state index contributed by atoms with van der Waals surface area (Å²) in [6, 6.07) is 0. The molecule has 0 N–H and O–H groups in total. The molecule has 0 aliphatic rings. The fourth-order valence-corrected chi connectivity index (χ4v) is 6.12. The van der Waals surface area contributed by atoms with E-state index in [1.54, 1.807) is 0 Å². The summed E-state index contributed by atoms with van der Waals surface area (Å²) in [4.78, 5) is 0. The fourth-order valence-electron chi connectivity index (χ4n) is 3.55. The lowest BCUT2D eigenvalue weighted by Crippen LogP contribution is -2.43. The molecule has 0 bridgehead atoms. The highest BCUT2D eigenvalue weighted by molar-refractivity contribution is 6.74. The predicted octanol–water partition coefficient (Wildman–Crippen LogP) is 11.9. The molecule has 0 saturated heterocycles. The molecule has 2 unspecified atom stereocenters. The number of hydrogen-bond acceptors (Lipinski definition) is 2. The van der Waals surface area contributed by atoms with Crippen molar-refractivity contribution in [3.8, 4) is 0 Å². The van der Waals surface area contributed by atoms with Gasteiger partial charge in [-0.25, -0.2) is 0 Å². The van der Waals surface area contributed by atoms with Crippen molar-refractivity contribution in [3.63, 3.8) is 0 Å². The Kier molecular flexibility index (Phi) is 18.3. The van der Waals surface area contributed by atoms with Crippen molar-refractivity contribution < 1.29 is 8.85 Å². The van der Waals surface area contributed by atoms with Gasteiger partial charge in [0.05, 0.1) is 12.2 Å². The van der Waals surface area contributed by atoms with E-state index >= 15 is 0 Å². The Morgan fingerprint density at radius 2 is 0.974 bits per heavy atom. The van der Waals surface area contributed by atoms with Crippen LogP contribution in [0.5, 0.6) is 0 Å². The lowest BCUT2D eigenvalue weighted by Gasteiger charge is -2.38. The van der Waals surface area contributed by atoms with Gasteiger partial charge in [0.2, 0.25) is 0 Å². The first-order chi connectivity index (χ1) is 17.6. The lowest BCUT2D eigenvalue weighted by molar-refractivity contribution is 0.227. The molecule has 4 heteroatoms. The van der Waals surface area contributed by atoms with E-state index in [0.29, 0.717) is 0 Å². The van der Waals surface area contributed by atoms with E-state index in [1.165, 1.54) is 25.7 Å². The molecule has 0 heterocycles. The van der Waals surface area contributed by atoms with Crippen LogP contribution in [0.15, 0.2) is 48.6 Å². The van der Waals surface area contributed by atoms with Gasteiger partial charge in [-0.05, 0) is 87.6 Å². The molecule has 222 valence electrons. The average Bonchev–Trinajstić information content (AvgIpc) is 2.78. The Morgan fingerprint density at radius 3 is 1.34 bits per heavy atom. The molecule has 0 rings (SSSR count). The summed E-state index contributed by atoms with van der Waals surface area (Å²) in [7, 11) is -3.55. The second-order valence-electron chi connectivity index (χ2n) is 13.9. The zero-order valence-electron chi connectivity index (χ0n) is 27.7. The maximum absolute atomic E-state index is 6.73. The Bertz CT molecular complexity index is 718. The minimum atomic E-state index is -1.78. The van der Waals surface area contributed by atoms with Gasteiger partial charge in [0, 0.05) is 0 Å². The quantitative estimate of drug-likeness (QED) is 0.0885. The van der Waals surface area contributed by atoms with Crippen LogP contribution >= 0.6 is 0 Å². The highest BCUT2D eigenvalue weighted by Gasteiger charge is 2.39. The van der Waals surface area contributed by atoms with Gasteiger partial charge < -0.3 is 8.85 Å². The molecular formula is C34H66O2Si2. The van der Waals surface area contributed by atoms with Crippen LogP contribution in [-0.4, -0.2) is 28.8 Å². The van der Waals surface area contributed by atoms with E-state index < -0.39 is 16.6 Å². The molecule has 0 aliphatic carbocycles. The highest BCUT2D eigenvalue weighted by atomic mass is 28.4. The van der Waals surface area contributed by atoms with Gasteiger partial charge >= 0.3 is 0 Å². The molecule has 0 saturated carbocycles. The van der Waals surface area contributed by atoms with Gasteiger partial charge in [-0.1, -0.05) is 117 Å². The topological polar surface area (TPSA) is 18.5 Å². The number of unbranched alkanes of at least 4 members (excludes halogenated alkanes) is 5. The molecule has 0 fully saturated rings. The molecule has 38 heavy (non-hydrogen) atoms. The van der Waals surface area contributed by atoms with Crippen molar-refractivity contribution in [2.75, 3.05) is 0 Å². The van der Waals surface area contributed by atoms with E-state index in [1.807, 2.05) is 0 Å². The van der Waals surface area contributed by atoms with Crippen LogP contribution in [-0.2, 0) is 8.85 Å². The van der Waals surface area contributed by atoms with Crippen LogP contribution in [0.4, 0.5) is 0 Å². The molecule has 0 amide bonds. The minimum absolute atomic E-state index is 0.200. The average molecular weight is 563 g/mol. The smallest absolute Gasteiger partial charge is 0.192 e. The molecule has 2 atom stereocenters. The van der Waals surface area contributed by atoms with Crippen molar-refractivity contribution in [1.82, 2.24) is 0 Å². The first-order valence-electron chi connectivity index (χ1n) is 15.6. The number of hydrogen-bond donors (Lipinski definition) is 0. The summed E-state index contributed by atoms with van der Waals surface area (Å²) < 4.78 is 13.4. The molecular weight excluding hydrogens is 497 g/mol. The molecule has 0 radical (unpaired) electrons. The zero-order chi connectivity index (χ0) is 29.3. The van der Waals surface area contributed by atoms with E-state index in [0.717, 1.165) is 38.5 Å². The Hall–Kier alpha value is -0.686. The second-order valence-corrected chi connectivity index (χ2v) is 23.5. The normalized spacial score (nSPS) is 16.0. The third-order valence-electron chi connectivity index (χ3n) is 8.21.